The zero-order valence-corrected chi connectivity index (χ0v) is 10.3. The Hall–Kier alpha value is -1.14. The van der Waals surface area contributed by atoms with Crippen molar-refractivity contribution in [2.75, 3.05) is 19.4 Å². The molecule has 1 aromatic heterocycles. The third-order valence-electron chi connectivity index (χ3n) is 1.76. The number of hydrogen-bond donors (Lipinski definition) is 2. The molecule has 0 spiro atoms. The van der Waals surface area contributed by atoms with Crippen LogP contribution in [0.4, 0.5) is 5.13 Å². The van der Waals surface area contributed by atoms with Crippen LogP contribution in [0, 0.1) is 0 Å². The second-order valence-electron chi connectivity index (χ2n) is 3.05. The van der Waals surface area contributed by atoms with Crippen molar-refractivity contribution >= 4 is 22.4 Å². The molecule has 0 atom stereocenters. The average Bonchev–Trinajstić information content (AvgIpc) is 2.76. The second kappa shape index (κ2) is 10.4. The van der Waals surface area contributed by atoms with Gasteiger partial charge in [0.1, 0.15) is 0 Å². The molecule has 16 heavy (non-hydrogen) atoms. The van der Waals surface area contributed by atoms with Crippen molar-refractivity contribution in [3.05, 3.63) is 11.6 Å². The Kier molecular flexibility index (Phi) is 9.64. The van der Waals surface area contributed by atoms with E-state index in [1.54, 1.807) is 6.20 Å². The van der Waals surface area contributed by atoms with Gasteiger partial charge in [-0.3, -0.25) is 4.79 Å². The number of unbranched alkanes of at least 4 members (excludes halogenated alkanes) is 2. The Morgan fingerprint density at radius 3 is 2.62 bits per heavy atom. The Morgan fingerprint density at radius 2 is 2.25 bits per heavy atom. The number of ether oxygens (including phenoxy) is 1. The smallest absolute Gasteiger partial charge is 0.305 e. The van der Waals surface area contributed by atoms with E-state index in [0.717, 1.165) is 19.3 Å². The van der Waals surface area contributed by atoms with Crippen LogP contribution in [-0.4, -0.2) is 24.6 Å². The number of carbonyl (C=O) groups excluding carboxylic acids is 1. The number of nitrogens with zero attached hydrogens (tertiary/aromatic N) is 1. The molecule has 0 aromatic carbocycles. The van der Waals surface area contributed by atoms with Crippen LogP contribution in [-0.2, 0) is 9.53 Å². The fourth-order valence-electron chi connectivity index (χ4n) is 0.927. The van der Waals surface area contributed by atoms with Gasteiger partial charge in [0.25, 0.3) is 0 Å². The van der Waals surface area contributed by atoms with Crippen molar-refractivity contribution < 1.29 is 9.53 Å². The number of rotatable bonds is 5. The molecule has 0 radical (unpaired) electrons. The summed E-state index contributed by atoms with van der Waals surface area (Å²) in [6.45, 7) is 0.709. The number of hydrogen-bond acceptors (Lipinski definition) is 6. The van der Waals surface area contributed by atoms with Crippen LogP contribution >= 0.6 is 11.3 Å². The highest BCUT2D eigenvalue weighted by Crippen LogP contribution is 2.02. The van der Waals surface area contributed by atoms with Gasteiger partial charge in [-0.05, 0) is 19.4 Å². The maximum Gasteiger partial charge on any atom is 0.305 e. The molecule has 1 aromatic rings. The fourth-order valence-corrected chi connectivity index (χ4v) is 1.31. The van der Waals surface area contributed by atoms with Crippen LogP contribution in [0.25, 0.3) is 0 Å². The standard InChI is InChI=1S/C7H15NO2.C3H4N2S/c1-10-7(9)5-3-2-4-6-8;4-3-5-1-2-6-3/h2-6,8H2,1H3;1-2H,(H2,4,5). The number of esters is 1. The summed E-state index contributed by atoms with van der Waals surface area (Å²) in [7, 11) is 1.41. The van der Waals surface area contributed by atoms with E-state index in [1.807, 2.05) is 5.38 Å². The minimum Gasteiger partial charge on any atom is -0.469 e. The Balaban J connectivity index is 0.000000315. The summed E-state index contributed by atoms with van der Waals surface area (Å²) in [6, 6.07) is 0. The first-order valence-corrected chi connectivity index (χ1v) is 6.00. The molecular formula is C10H19N3O2S. The highest BCUT2D eigenvalue weighted by molar-refractivity contribution is 7.13. The van der Waals surface area contributed by atoms with Crippen molar-refractivity contribution in [3.63, 3.8) is 0 Å². The lowest BCUT2D eigenvalue weighted by Gasteiger charge is -1.97. The molecule has 0 saturated heterocycles. The van der Waals surface area contributed by atoms with Gasteiger partial charge >= 0.3 is 5.97 Å². The number of methoxy groups -OCH3 is 1. The molecule has 6 heteroatoms. The molecule has 0 aliphatic rings. The molecular weight excluding hydrogens is 226 g/mol. The molecule has 5 nitrogen and oxygen atoms in total. The van der Waals surface area contributed by atoms with Crippen LogP contribution in [0.1, 0.15) is 25.7 Å². The van der Waals surface area contributed by atoms with Gasteiger partial charge in [-0.2, -0.15) is 0 Å². The Labute approximate surface area is 99.8 Å². The molecule has 4 N–H and O–H groups in total. The summed E-state index contributed by atoms with van der Waals surface area (Å²) >= 11 is 1.44. The summed E-state index contributed by atoms with van der Waals surface area (Å²) in [5.74, 6) is -0.128. The van der Waals surface area contributed by atoms with E-state index in [2.05, 4.69) is 9.72 Å². The molecule has 1 rings (SSSR count). The summed E-state index contributed by atoms with van der Waals surface area (Å²) in [5.41, 5.74) is 10.4. The third kappa shape index (κ3) is 9.42. The topological polar surface area (TPSA) is 91.2 Å². The predicted molar refractivity (Wildman–Crippen MR) is 66.1 cm³/mol. The zero-order valence-electron chi connectivity index (χ0n) is 9.52. The van der Waals surface area contributed by atoms with Crippen LogP contribution in [0.2, 0.25) is 0 Å². The number of aromatic nitrogens is 1. The molecule has 0 amide bonds. The third-order valence-corrected chi connectivity index (χ3v) is 2.37. The van der Waals surface area contributed by atoms with E-state index in [1.165, 1.54) is 18.4 Å². The van der Waals surface area contributed by atoms with Crippen LogP contribution < -0.4 is 11.5 Å². The van der Waals surface area contributed by atoms with Gasteiger partial charge in [0, 0.05) is 18.0 Å². The van der Waals surface area contributed by atoms with E-state index in [0.29, 0.717) is 18.1 Å². The predicted octanol–water partition coefficient (Wildman–Crippen LogP) is 1.40. The van der Waals surface area contributed by atoms with Crippen LogP contribution in [0.15, 0.2) is 11.6 Å². The van der Waals surface area contributed by atoms with Crippen molar-refractivity contribution in [1.29, 1.82) is 0 Å². The number of anilines is 1. The highest BCUT2D eigenvalue weighted by Gasteiger charge is 1.97. The summed E-state index contributed by atoms with van der Waals surface area (Å²) in [4.78, 5) is 14.2. The maximum atomic E-state index is 10.5. The summed E-state index contributed by atoms with van der Waals surface area (Å²) in [6.07, 6.45) is 5.11. The van der Waals surface area contributed by atoms with E-state index in [4.69, 9.17) is 11.5 Å². The molecule has 0 fully saturated rings. The number of thiazole rings is 1. The molecule has 1 heterocycles. The van der Waals surface area contributed by atoms with Gasteiger partial charge in [0.2, 0.25) is 0 Å². The van der Waals surface area contributed by atoms with Crippen LogP contribution in [0.5, 0.6) is 0 Å². The zero-order chi connectivity index (χ0) is 12.2. The number of nitrogen functional groups attached to an aromatic ring is 1. The lowest BCUT2D eigenvalue weighted by atomic mass is 10.2. The van der Waals surface area contributed by atoms with Gasteiger partial charge in [-0.1, -0.05) is 6.42 Å². The maximum absolute atomic E-state index is 10.5. The van der Waals surface area contributed by atoms with Crippen molar-refractivity contribution in [1.82, 2.24) is 4.98 Å². The largest absolute Gasteiger partial charge is 0.469 e. The first-order valence-electron chi connectivity index (χ1n) is 5.12. The molecule has 0 aliphatic heterocycles. The molecule has 0 saturated carbocycles. The van der Waals surface area contributed by atoms with Gasteiger partial charge in [0.15, 0.2) is 5.13 Å². The van der Waals surface area contributed by atoms with E-state index < -0.39 is 0 Å². The average molecular weight is 245 g/mol. The van der Waals surface area contributed by atoms with E-state index >= 15 is 0 Å². The highest BCUT2D eigenvalue weighted by atomic mass is 32.1. The summed E-state index contributed by atoms with van der Waals surface area (Å²) in [5, 5.41) is 2.48. The monoisotopic (exact) mass is 245 g/mol. The van der Waals surface area contributed by atoms with Gasteiger partial charge in [-0.15, -0.1) is 11.3 Å². The quantitative estimate of drug-likeness (QED) is 0.604. The fraction of sp³-hybridized carbons (Fsp3) is 0.600. The second-order valence-corrected chi connectivity index (χ2v) is 3.97. The number of carbonyl (C=O) groups is 1. The van der Waals surface area contributed by atoms with Gasteiger partial charge < -0.3 is 16.2 Å². The van der Waals surface area contributed by atoms with Crippen LogP contribution in [0.3, 0.4) is 0 Å². The SMILES string of the molecule is COC(=O)CCCCCN.Nc1nccs1. The van der Waals surface area contributed by atoms with Gasteiger partial charge in [0.05, 0.1) is 7.11 Å². The number of nitrogens with two attached hydrogens (primary N) is 2. The van der Waals surface area contributed by atoms with Crippen molar-refractivity contribution in [2.45, 2.75) is 25.7 Å². The molecule has 0 unspecified atom stereocenters. The Bertz CT molecular complexity index is 265. The van der Waals surface area contributed by atoms with E-state index in [-0.39, 0.29) is 5.97 Å². The normalized spacial score (nSPS) is 9.12. The molecule has 0 bridgehead atoms. The molecule has 0 aliphatic carbocycles. The first-order chi connectivity index (χ1) is 7.70. The van der Waals surface area contributed by atoms with Crippen molar-refractivity contribution in [3.8, 4) is 0 Å². The molecule has 92 valence electrons. The Morgan fingerprint density at radius 1 is 1.50 bits per heavy atom. The first kappa shape index (κ1) is 14.9. The lowest BCUT2D eigenvalue weighted by Crippen LogP contribution is -2.01. The lowest BCUT2D eigenvalue weighted by molar-refractivity contribution is -0.140. The minimum atomic E-state index is -0.128. The van der Waals surface area contributed by atoms with E-state index in [9.17, 15) is 4.79 Å². The van der Waals surface area contributed by atoms with Gasteiger partial charge in [-0.25, -0.2) is 4.98 Å². The van der Waals surface area contributed by atoms with Crippen molar-refractivity contribution in [2.24, 2.45) is 5.73 Å². The summed E-state index contributed by atoms with van der Waals surface area (Å²) < 4.78 is 4.46. The minimum absolute atomic E-state index is 0.128.